The van der Waals surface area contributed by atoms with Crippen LogP contribution in [-0.4, -0.2) is 25.8 Å². The lowest BCUT2D eigenvalue weighted by Crippen LogP contribution is -2.15. The van der Waals surface area contributed by atoms with E-state index in [-0.39, 0.29) is 0 Å². The first kappa shape index (κ1) is 14.5. The summed E-state index contributed by atoms with van der Waals surface area (Å²) in [6, 6.07) is 10.4. The number of para-hydroxylation sites is 1. The molecular formula is C17H21N5. The second-order valence-corrected chi connectivity index (χ2v) is 5.60. The minimum Gasteiger partial charge on any atom is -0.367 e. The predicted molar refractivity (Wildman–Crippen MR) is 89.5 cm³/mol. The monoisotopic (exact) mass is 295 g/mol. The third kappa shape index (κ3) is 2.54. The molecule has 0 aliphatic heterocycles. The van der Waals surface area contributed by atoms with E-state index in [1.807, 2.05) is 48.9 Å². The van der Waals surface area contributed by atoms with Gasteiger partial charge in [-0.1, -0.05) is 25.1 Å². The van der Waals surface area contributed by atoms with E-state index in [0.29, 0.717) is 6.04 Å². The predicted octanol–water partition coefficient (Wildman–Crippen LogP) is 3.64. The van der Waals surface area contributed by atoms with Crippen LogP contribution in [0.3, 0.4) is 0 Å². The van der Waals surface area contributed by atoms with Gasteiger partial charge in [0.25, 0.3) is 0 Å². The van der Waals surface area contributed by atoms with Crippen LogP contribution in [0.2, 0.25) is 0 Å². The molecular weight excluding hydrogens is 274 g/mol. The van der Waals surface area contributed by atoms with Crippen molar-refractivity contribution in [1.29, 1.82) is 0 Å². The van der Waals surface area contributed by atoms with Crippen LogP contribution in [0.1, 0.15) is 31.8 Å². The van der Waals surface area contributed by atoms with Crippen molar-refractivity contribution in [3.63, 3.8) is 0 Å². The highest BCUT2D eigenvalue weighted by Gasteiger charge is 2.17. The fourth-order valence-electron chi connectivity index (χ4n) is 2.48. The van der Waals surface area contributed by atoms with E-state index >= 15 is 0 Å². The molecule has 0 fully saturated rings. The Hall–Kier alpha value is -2.43. The van der Waals surface area contributed by atoms with Gasteiger partial charge in [0.1, 0.15) is 11.6 Å². The fourth-order valence-corrected chi connectivity index (χ4v) is 2.48. The first-order valence-electron chi connectivity index (χ1n) is 7.66. The van der Waals surface area contributed by atoms with Crippen molar-refractivity contribution in [1.82, 2.24) is 19.7 Å². The van der Waals surface area contributed by atoms with Gasteiger partial charge in [-0.05, 0) is 39.3 Å². The third-order valence-electron chi connectivity index (χ3n) is 3.81. The Morgan fingerprint density at radius 1 is 1.14 bits per heavy atom. The first-order chi connectivity index (χ1) is 10.6. The average molecular weight is 295 g/mol. The third-order valence-corrected chi connectivity index (χ3v) is 3.81. The number of hydrogen-bond acceptors (Lipinski definition) is 4. The quantitative estimate of drug-likeness (QED) is 0.798. The number of hydrogen-bond donors (Lipinski definition) is 1. The number of aryl methyl sites for hydroxylation is 2. The molecule has 0 spiro atoms. The highest BCUT2D eigenvalue weighted by Crippen LogP contribution is 2.26. The molecule has 5 heteroatoms. The van der Waals surface area contributed by atoms with Gasteiger partial charge >= 0.3 is 0 Å². The number of nitrogens with zero attached hydrogens (tertiary/aromatic N) is 4. The van der Waals surface area contributed by atoms with Crippen molar-refractivity contribution in [3.05, 3.63) is 41.9 Å². The van der Waals surface area contributed by atoms with Crippen LogP contribution in [-0.2, 0) is 0 Å². The van der Waals surface area contributed by atoms with Crippen molar-refractivity contribution < 1.29 is 0 Å². The van der Waals surface area contributed by atoms with Crippen LogP contribution < -0.4 is 5.32 Å². The molecule has 114 valence electrons. The van der Waals surface area contributed by atoms with Gasteiger partial charge in [0, 0.05) is 6.04 Å². The lowest BCUT2D eigenvalue weighted by atomic mass is 10.2. The van der Waals surface area contributed by atoms with Crippen molar-refractivity contribution in [2.75, 3.05) is 5.32 Å². The van der Waals surface area contributed by atoms with Crippen molar-refractivity contribution in [2.24, 2.45) is 0 Å². The van der Waals surface area contributed by atoms with E-state index in [4.69, 9.17) is 0 Å². The van der Waals surface area contributed by atoms with Crippen LogP contribution in [0.15, 0.2) is 30.3 Å². The van der Waals surface area contributed by atoms with Gasteiger partial charge in [0.15, 0.2) is 5.65 Å². The Bertz CT molecular complexity index is 792. The van der Waals surface area contributed by atoms with Gasteiger partial charge in [0.2, 0.25) is 0 Å². The molecule has 0 amide bonds. The molecule has 1 N–H and O–H groups in total. The molecule has 3 aromatic rings. The molecule has 1 atom stereocenters. The van der Waals surface area contributed by atoms with Crippen molar-refractivity contribution in [2.45, 2.75) is 40.2 Å². The summed E-state index contributed by atoms with van der Waals surface area (Å²) in [7, 11) is 0. The van der Waals surface area contributed by atoms with Crippen LogP contribution in [0.25, 0.3) is 16.7 Å². The smallest absolute Gasteiger partial charge is 0.168 e. The summed E-state index contributed by atoms with van der Waals surface area (Å²) >= 11 is 0. The normalized spacial score (nSPS) is 12.5. The van der Waals surface area contributed by atoms with E-state index < -0.39 is 0 Å². The molecule has 3 rings (SSSR count). The van der Waals surface area contributed by atoms with Crippen LogP contribution >= 0.6 is 0 Å². The summed E-state index contributed by atoms with van der Waals surface area (Å²) < 4.78 is 1.89. The summed E-state index contributed by atoms with van der Waals surface area (Å²) in [6.07, 6.45) is 1.04. The molecule has 0 bridgehead atoms. The number of aromatic nitrogens is 4. The Morgan fingerprint density at radius 2 is 1.86 bits per heavy atom. The maximum atomic E-state index is 4.67. The Kier molecular flexibility index (Phi) is 3.79. The van der Waals surface area contributed by atoms with E-state index in [1.54, 1.807) is 0 Å². The summed E-state index contributed by atoms with van der Waals surface area (Å²) in [6.45, 7) is 8.23. The Morgan fingerprint density at radius 3 is 2.55 bits per heavy atom. The maximum absolute atomic E-state index is 4.67. The lowest BCUT2D eigenvalue weighted by Gasteiger charge is -2.13. The number of fused-ring (bicyclic) bond motifs is 1. The van der Waals surface area contributed by atoms with E-state index in [2.05, 4.69) is 34.2 Å². The second-order valence-electron chi connectivity index (χ2n) is 5.60. The minimum atomic E-state index is 0.358. The molecule has 2 heterocycles. The molecule has 0 unspecified atom stereocenters. The van der Waals surface area contributed by atoms with Gasteiger partial charge in [0.05, 0.1) is 16.8 Å². The second kappa shape index (κ2) is 5.75. The van der Waals surface area contributed by atoms with Crippen molar-refractivity contribution >= 4 is 16.9 Å². The Balaban J connectivity index is 2.22. The average Bonchev–Trinajstić information content (AvgIpc) is 2.85. The largest absolute Gasteiger partial charge is 0.367 e. The Labute approximate surface area is 130 Å². The van der Waals surface area contributed by atoms with Crippen LogP contribution in [0, 0.1) is 13.8 Å². The zero-order chi connectivity index (χ0) is 15.7. The molecule has 1 aromatic carbocycles. The van der Waals surface area contributed by atoms with Gasteiger partial charge in [-0.3, -0.25) is 0 Å². The molecule has 0 radical (unpaired) electrons. The van der Waals surface area contributed by atoms with E-state index in [9.17, 15) is 0 Å². The molecule has 2 aromatic heterocycles. The standard InChI is InChI=1S/C17H21N5/c1-5-11(2)18-16-15-12(3)21-22(14-9-7-6-8-10-14)17(15)20-13(4)19-16/h6-11H,5H2,1-4H3,(H,18,19,20)/t11-/m0/s1. The fraction of sp³-hybridized carbons (Fsp3) is 0.353. The van der Waals surface area contributed by atoms with Crippen LogP contribution in [0.5, 0.6) is 0 Å². The zero-order valence-corrected chi connectivity index (χ0v) is 13.5. The summed E-state index contributed by atoms with van der Waals surface area (Å²) in [4.78, 5) is 9.20. The lowest BCUT2D eigenvalue weighted by molar-refractivity contribution is 0.759. The maximum Gasteiger partial charge on any atom is 0.168 e. The van der Waals surface area contributed by atoms with Gasteiger partial charge in [-0.25, -0.2) is 14.6 Å². The highest BCUT2D eigenvalue weighted by atomic mass is 15.3. The molecule has 22 heavy (non-hydrogen) atoms. The molecule has 0 aliphatic carbocycles. The molecule has 5 nitrogen and oxygen atoms in total. The summed E-state index contributed by atoms with van der Waals surface area (Å²) in [5.74, 6) is 1.62. The van der Waals surface area contributed by atoms with Gasteiger partial charge in [-0.2, -0.15) is 5.10 Å². The molecule has 0 saturated carbocycles. The highest BCUT2D eigenvalue weighted by molar-refractivity contribution is 5.90. The van der Waals surface area contributed by atoms with Gasteiger partial charge in [-0.15, -0.1) is 0 Å². The molecule has 0 saturated heterocycles. The van der Waals surface area contributed by atoms with E-state index in [0.717, 1.165) is 40.5 Å². The van der Waals surface area contributed by atoms with E-state index in [1.165, 1.54) is 0 Å². The number of anilines is 1. The summed E-state index contributed by atoms with van der Waals surface area (Å²) in [5, 5.41) is 9.14. The summed E-state index contributed by atoms with van der Waals surface area (Å²) in [5.41, 5.74) is 2.79. The zero-order valence-electron chi connectivity index (χ0n) is 13.5. The first-order valence-corrected chi connectivity index (χ1v) is 7.66. The van der Waals surface area contributed by atoms with Gasteiger partial charge < -0.3 is 5.32 Å². The minimum absolute atomic E-state index is 0.358. The number of nitrogens with one attached hydrogen (secondary N) is 1. The van der Waals surface area contributed by atoms with Crippen LogP contribution in [0.4, 0.5) is 5.82 Å². The molecule has 0 aliphatic rings. The van der Waals surface area contributed by atoms with Crippen molar-refractivity contribution in [3.8, 4) is 5.69 Å². The number of rotatable bonds is 4. The number of benzene rings is 1. The topological polar surface area (TPSA) is 55.6 Å². The SMILES string of the molecule is CC[C@H](C)Nc1nc(C)nc2c1c(C)nn2-c1ccccc1.